The summed E-state index contributed by atoms with van der Waals surface area (Å²) in [5, 5.41) is 43.9. The molecule has 44 heavy (non-hydrogen) atoms. The summed E-state index contributed by atoms with van der Waals surface area (Å²) in [6.45, 7) is 1.84. The number of likely N-dealkylation sites (N-methyl/N-ethyl adjacent to an activating group) is 1. The first-order valence-corrected chi connectivity index (χ1v) is 15.0. The molecule has 0 unspecified atom stereocenters. The minimum atomic E-state index is -4.02. The van der Waals surface area contributed by atoms with Gasteiger partial charge in [-0.15, -0.1) is 0 Å². The number of carbonyl (C=O) groups excluding carboxylic acids is 3. The van der Waals surface area contributed by atoms with E-state index < -0.39 is 68.2 Å². The Morgan fingerprint density at radius 3 is 2.09 bits per heavy atom. The largest absolute Gasteiger partial charge is 0.510 e. The van der Waals surface area contributed by atoms with Gasteiger partial charge < -0.3 is 31.1 Å². The maximum absolute atomic E-state index is 13.5. The maximum atomic E-state index is 13.5. The molecular formula is C30H35N3O10S. The van der Waals surface area contributed by atoms with E-state index in [-0.39, 0.29) is 34.6 Å². The Balaban J connectivity index is 0.000000339. The van der Waals surface area contributed by atoms with Crippen molar-refractivity contribution in [3.8, 4) is 5.75 Å². The molecule has 0 saturated carbocycles. The summed E-state index contributed by atoms with van der Waals surface area (Å²) in [6.07, 6.45) is 0.324. The average Bonchev–Trinajstić information content (AvgIpc) is 2.90. The first-order chi connectivity index (χ1) is 20.3. The number of phenols is 1. The molecular weight excluding hydrogens is 594 g/mol. The number of anilines is 1. The Morgan fingerprint density at radius 1 is 1.00 bits per heavy atom. The van der Waals surface area contributed by atoms with E-state index in [1.54, 1.807) is 51.3 Å². The van der Waals surface area contributed by atoms with Crippen LogP contribution >= 0.6 is 0 Å². The van der Waals surface area contributed by atoms with Crippen LogP contribution in [0.2, 0.25) is 0 Å². The molecule has 2 aromatic carbocycles. The van der Waals surface area contributed by atoms with Crippen LogP contribution in [-0.4, -0.2) is 95.6 Å². The maximum Gasteiger partial charge on any atom is 0.294 e. The standard InChI is InChI=1S/C23H27N3O7.C7H8O3S/c1-25(2)12-5-6-13(27)15-10(12)7-9-8-11-17(26(3)4)19(29)16(22(24)32)21(31)23(11,33)20(30)14(9)18(15)28;1-6-2-4-7(5-3-6)11(8,9)10/h5-6,9,11,17,27,29-30,33H,7-8H2,1-4H3,(H2,24,32);2-5H,1H3,(H,8,9,10)/t9-,11+,17-,23-;/m0./s1. The number of aliphatic hydroxyl groups excluding tert-OH is 2. The van der Waals surface area contributed by atoms with Crippen LogP contribution in [0.1, 0.15) is 27.9 Å². The molecule has 0 heterocycles. The number of nitrogens with zero attached hydrogens (tertiary/aromatic N) is 2. The number of phenolic OH excluding ortho intramolecular Hbond substituents is 1. The normalized spacial score (nSPS) is 24.7. The number of rotatable bonds is 4. The Labute approximate surface area is 254 Å². The molecule has 3 aliphatic rings. The van der Waals surface area contributed by atoms with Gasteiger partial charge in [-0.1, -0.05) is 17.7 Å². The van der Waals surface area contributed by atoms with Gasteiger partial charge in [-0.2, -0.15) is 8.42 Å². The van der Waals surface area contributed by atoms with Gasteiger partial charge in [-0.25, -0.2) is 0 Å². The van der Waals surface area contributed by atoms with Crippen LogP contribution in [0.25, 0.3) is 0 Å². The van der Waals surface area contributed by atoms with Crippen molar-refractivity contribution < 1.29 is 47.8 Å². The zero-order valence-electron chi connectivity index (χ0n) is 24.8. The van der Waals surface area contributed by atoms with E-state index in [1.165, 1.54) is 23.1 Å². The Hall–Kier alpha value is -4.24. The summed E-state index contributed by atoms with van der Waals surface area (Å²) in [7, 11) is 2.77. The van der Waals surface area contributed by atoms with Crippen LogP contribution in [-0.2, 0) is 26.1 Å². The predicted molar refractivity (Wildman–Crippen MR) is 159 cm³/mol. The summed E-state index contributed by atoms with van der Waals surface area (Å²) in [5.41, 5.74) is 3.98. The predicted octanol–water partition coefficient (Wildman–Crippen LogP) is 1.43. The van der Waals surface area contributed by atoms with E-state index in [1.807, 2.05) is 6.92 Å². The van der Waals surface area contributed by atoms with Gasteiger partial charge in [0.1, 0.15) is 22.8 Å². The first kappa shape index (κ1) is 32.7. The van der Waals surface area contributed by atoms with Crippen LogP contribution in [0, 0.1) is 18.8 Å². The number of hydrogen-bond donors (Lipinski definition) is 6. The van der Waals surface area contributed by atoms with E-state index in [2.05, 4.69) is 0 Å². The number of primary amides is 1. The van der Waals surface area contributed by atoms with Gasteiger partial charge in [0.25, 0.3) is 16.0 Å². The lowest BCUT2D eigenvalue weighted by molar-refractivity contribution is -0.148. The highest BCUT2D eigenvalue weighted by Gasteiger charge is 2.63. The molecule has 0 aromatic heterocycles. The molecule has 0 aliphatic heterocycles. The zero-order chi connectivity index (χ0) is 33.0. The lowest BCUT2D eigenvalue weighted by Crippen LogP contribution is -2.63. The third-order valence-corrected chi connectivity index (χ3v) is 9.25. The van der Waals surface area contributed by atoms with E-state index in [9.17, 15) is 43.2 Å². The smallest absolute Gasteiger partial charge is 0.294 e. The molecule has 7 N–H and O–H groups in total. The number of carbonyl (C=O) groups is 3. The number of benzene rings is 2. The van der Waals surface area contributed by atoms with Crippen LogP contribution in [0.4, 0.5) is 5.69 Å². The third-order valence-electron chi connectivity index (χ3n) is 8.38. The molecule has 236 valence electrons. The SMILES string of the molecule is CN(C)c1ccc(O)c2c1C[C@H]1C[C@@H]3[C@H](N(C)C)C(O)=C(C(N)=O)C(=O)[C@@]3(O)C(O)=C1C2=O.Cc1ccc(S(=O)(=O)O)cc1. The molecule has 1 amide bonds. The fourth-order valence-electron chi connectivity index (χ4n) is 6.36. The van der Waals surface area contributed by atoms with Crippen molar-refractivity contribution in [2.45, 2.75) is 36.3 Å². The minimum Gasteiger partial charge on any atom is -0.510 e. The molecule has 4 atom stereocenters. The van der Waals surface area contributed by atoms with Gasteiger partial charge in [-0.3, -0.25) is 23.8 Å². The molecule has 14 heteroatoms. The summed E-state index contributed by atoms with van der Waals surface area (Å²) < 4.78 is 29.6. The van der Waals surface area contributed by atoms with E-state index in [4.69, 9.17) is 10.3 Å². The van der Waals surface area contributed by atoms with Crippen molar-refractivity contribution in [2.24, 2.45) is 17.6 Å². The van der Waals surface area contributed by atoms with Crippen LogP contribution in [0.15, 0.2) is 64.0 Å². The van der Waals surface area contributed by atoms with E-state index >= 15 is 0 Å². The number of allylic oxidation sites excluding steroid dienone is 1. The summed E-state index contributed by atoms with van der Waals surface area (Å²) in [6, 6.07) is 8.05. The van der Waals surface area contributed by atoms with Crippen molar-refractivity contribution in [3.05, 3.63) is 75.8 Å². The minimum absolute atomic E-state index is 0.00184. The second-order valence-electron chi connectivity index (χ2n) is 11.6. The topological polar surface area (TPSA) is 219 Å². The lowest BCUT2D eigenvalue weighted by Gasteiger charge is -2.50. The lowest BCUT2D eigenvalue weighted by atomic mass is 9.58. The number of Topliss-reactive ketones (excluding diaryl/α,β-unsaturated/α-hetero) is 2. The highest BCUT2D eigenvalue weighted by atomic mass is 32.2. The van der Waals surface area contributed by atoms with Gasteiger partial charge in [0.15, 0.2) is 11.4 Å². The number of fused-ring (bicyclic) bond motifs is 3. The van der Waals surface area contributed by atoms with Gasteiger partial charge >= 0.3 is 0 Å². The van der Waals surface area contributed by atoms with Crippen molar-refractivity contribution in [3.63, 3.8) is 0 Å². The molecule has 3 aliphatic carbocycles. The monoisotopic (exact) mass is 629 g/mol. The molecule has 2 aromatic rings. The molecule has 13 nitrogen and oxygen atoms in total. The highest BCUT2D eigenvalue weighted by Crippen LogP contribution is 2.53. The Bertz CT molecular complexity index is 1730. The average molecular weight is 630 g/mol. The van der Waals surface area contributed by atoms with Crippen LogP contribution < -0.4 is 10.6 Å². The Morgan fingerprint density at radius 2 is 1.59 bits per heavy atom. The molecule has 0 bridgehead atoms. The second-order valence-corrected chi connectivity index (χ2v) is 13.0. The number of amides is 1. The molecule has 5 rings (SSSR count). The van der Waals surface area contributed by atoms with E-state index in [0.717, 1.165) is 11.3 Å². The van der Waals surface area contributed by atoms with Crippen LogP contribution in [0.5, 0.6) is 5.75 Å². The fraction of sp³-hybridized carbons (Fsp3) is 0.367. The van der Waals surface area contributed by atoms with Crippen molar-refractivity contribution in [2.75, 3.05) is 33.1 Å². The number of hydrogen-bond acceptors (Lipinski definition) is 11. The third kappa shape index (κ3) is 5.23. The number of aryl methyl sites for hydroxylation is 1. The second kappa shape index (κ2) is 11.4. The van der Waals surface area contributed by atoms with Crippen molar-refractivity contribution in [1.29, 1.82) is 0 Å². The summed E-state index contributed by atoms with van der Waals surface area (Å²) in [5.74, 6) is -6.53. The first-order valence-electron chi connectivity index (χ1n) is 13.5. The van der Waals surface area contributed by atoms with E-state index in [0.29, 0.717) is 5.56 Å². The number of aromatic hydroxyl groups is 1. The fourth-order valence-corrected chi connectivity index (χ4v) is 6.84. The van der Waals surface area contributed by atoms with Gasteiger partial charge in [-0.05, 0) is 69.6 Å². The number of nitrogens with two attached hydrogens (primary N) is 1. The van der Waals surface area contributed by atoms with Gasteiger partial charge in [0.05, 0.1) is 16.5 Å². The Kier molecular flexibility index (Phi) is 8.43. The highest BCUT2D eigenvalue weighted by molar-refractivity contribution is 7.85. The quantitative estimate of drug-likeness (QED) is 0.209. The van der Waals surface area contributed by atoms with Gasteiger partial charge in [0, 0.05) is 31.3 Å². The number of ketones is 2. The molecule has 0 radical (unpaired) electrons. The van der Waals surface area contributed by atoms with Crippen molar-refractivity contribution in [1.82, 2.24) is 4.90 Å². The van der Waals surface area contributed by atoms with Crippen molar-refractivity contribution >= 4 is 33.3 Å². The summed E-state index contributed by atoms with van der Waals surface area (Å²) in [4.78, 5) is 41.9. The van der Waals surface area contributed by atoms with Gasteiger partial charge in [0.2, 0.25) is 5.78 Å². The number of aliphatic hydroxyl groups is 3. The molecule has 0 fully saturated rings. The van der Waals surface area contributed by atoms with Crippen LogP contribution in [0.3, 0.4) is 0 Å². The summed E-state index contributed by atoms with van der Waals surface area (Å²) >= 11 is 0. The molecule has 0 spiro atoms. The molecule has 0 saturated heterocycles. The zero-order valence-corrected chi connectivity index (χ0v) is 25.6.